The molecule has 4 heterocycles. The molecule has 33 heavy (non-hydrogen) atoms. The van der Waals surface area contributed by atoms with E-state index in [9.17, 15) is 4.79 Å². The Bertz CT molecular complexity index is 1220. The van der Waals surface area contributed by atoms with Gasteiger partial charge >= 0.3 is 0 Å². The van der Waals surface area contributed by atoms with E-state index in [0.29, 0.717) is 23.9 Å². The Balaban J connectivity index is 1.51. The number of hydrogen-bond donors (Lipinski definition) is 2. The van der Waals surface area contributed by atoms with Crippen LogP contribution >= 0.6 is 15.9 Å². The molecule has 0 spiro atoms. The molecule has 4 rings (SSSR count). The summed E-state index contributed by atoms with van der Waals surface area (Å²) in [6, 6.07) is 4.11. The number of nitrogens with zero attached hydrogens (tertiary/aromatic N) is 7. The molecule has 0 bridgehead atoms. The third-order valence-electron chi connectivity index (χ3n) is 5.47. The van der Waals surface area contributed by atoms with Crippen molar-refractivity contribution in [1.29, 1.82) is 5.26 Å². The third kappa shape index (κ3) is 4.83. The van der Waals surface area contributed by atoms with Crippen molar-refractivity contribution in [3.8, 4) is 11.9 Å². The maximum atomic E-state index is 12.1. The number of nitrogens with one attached hydrogen (secondary N) is 2. The lowest BCUT2D eigenvalue weighted by Gasteiger charge is -2.34. The zero-order valence-electron chi connectivity index (χ0n) is 18.5. The van der Waals surface area contributed by atoms with Gasteiger partial charge in [0.2, 0.25) is 17.7 Å². The minimum absolute atomic E-state index is 0.107. The summed E-state index contributed by atoms with van der Waals surface area (Å²) in [4.78, 5) is 27.1. The lowest BCUT2D eigenvalue weighted by molar-refractivity contribution is -0.115. The minimum atomic E-state index is -0.320. The first-order chi connectivity index (χ1) is 15.9. The van der Waals surface area contributed by atoms with Crippen LogP contribution in [-0.4, -0.2) is 61.7 Å². The number of methoxy groups -OCH3 is 1. The Kier molecular flexibility index (Phi) is 6.60. The number of anilines is 3. The second-order valence-corrected chi connectivity index (χ2v) is 9.17. The molecule has 0 aliphatic carbocycles. The van der Waals surface area contributed by atoms with E-state index in [1.54, 1.807) is 17.8 Å². The van der Waals surface area contributed by atoms with Gasteiger partial charge in [-0.05, 0) is 19.8 Å². The summed E-state index contributed by atoms with van der Waals surface area (Å²) in [5.41, 5.74) is 1.18. The number of aromatic nitrogens is 5. The maximum absolute atomic E-state index is 12.1. The van der Waals surface area contributed by atoms with Crippen LogP contribution in [-0.2, 0) is 11.8 Å². The van der Waals surface area contributed by atoms with Crippen LogP contribution in [0.2, 0.25) is 0 Å². The number of carbonyl (C=O) groups is 1. The molecule has 11 nitrogen and oxygen atoms in total. The van der Waals surface area contributed by atoms with E-state index in [2.05, 4.69) is 51.5 Å². The number of alkyl halides is 1. The maximum Gasteiger partial charge on any atom is 0.239 e. The van der Waals surface area contributed by atoms with Gasteiger partial charge in [0.1, 0.15) is 17.5 Å². The molecule has 12 heteroatoms. The molecule has 3 aromatic heterocycles. The Morgan fingerprint density at radius 1 is 1.39 bits per heavy atom. The third-order valence-corrected chi connectivity index (χ3v) is 5.89. The van der Waals surface area contributed by atoms with E-state index < -0.39 is 0 Å². The lowest BCUT2D eigenvalue weighted by Crippen LogP contribution is -2.42. The molecular weight excluding hydrogens is 490 g/mol. The van der Waals surface area contributed by atoms with Gasteiger partial charge in [0.15, 0.2) is 5.82 Å². The molecule has 1 amide bonds. The van der Waals surface area contributed by atoms with Crippen LogP contribution in [0.25, 0.3) is 10.9 Å². The fourth-order valence-electron chi connectivity index (χ4n) is 3.78. The molecule has 172 valence electrons. The van der Waals surface area contributed by atoms with Crippen molar-refractivity contribution >= 4 is 50.3 Å². The summed E-state index contributed by atoms with van der Waals surface area (Å²) < 4.78 is 6.92. The highest BCUT2D eigenvalue weighted by atomic mass is 79.9. The molecule has 1 aliphatic heterocycles. The highest BCUT2D eigenvalue weighted by molar-refractivity contribution is 9.10. The zero-order valence-corrected chi connectivity index (χ0v) is 20.1. The van der Waals surface area contributed by atoms with Gasteiger partial charge in [-0.2, -0.15) is 15.3 Å². The first-order valence-corrected chi connectivity index (χ1v) is 11.4. The molecule has 2 atom stereocenters. The predicted octanol–water partition coefficient (Wildman–Crippen LogP) is 2.44. The molecule has 1 saturated heterocycles. The van der Waals surface area contributed by atoms with Crippen molar-refractivity contribution < 1.29 is 9.53 Å². The van der Waals surface area contributed by atoms with Crippen LogP contribution in [0.5, 0.6) is 5.88 Å². The topological polar surface area (TPSA) is 134 Å². The van der Waals surface area contributed by atoms with Gasteiger partial charge < -0.3 is 20.3 Å². The number of ether oxygens (including phenoxy) is 1. The van der Waals surface area contributed by atoms with Crippen molar-refractivity contribution in [3.63, 3.8) is 0 Å². The van der Waals surface area contributed by atoms with Crippen molar-refractivity contribution in [3.05, 3.63) is 24.0 Å². The number of halogens is 1. The number of aryl methyl sites for hydroxylation is 1. The summed E-state index contributed by atoms with van der Waals surface area (Å²) in [6.45, 7) is 3.35. The van der Waals surface area contributed by atoms with Crippen LogP contribution in [0.3, 0.4) is 0 Å². The van der Waals surface area contributed by atoms with Crippen LogP contribution in [0, 0.1) is 11.3 Å². The van der Waals surface area contributed by atoms with E-state index >= 15 is 0 Å². The number of hydrogen-bond acceptors (Lipinski definition) is 9. The second-order valence-electron chi connectivity index (χ2n) is 7.79. The van der Waals surface area contributed by atoms with Crippen LogP contribution in [0.15, 0.2) is 18.5 Å². The molecular formula is C21H24BrN9O2. The van der Waals surface area contributed by atoms with Gasteiger partial charge in [0.05, 0.1) is 29.0 Å². The monoisotopic (exact) mass is 513 g/mol. The van der Waals surface area contributed by atoms with E-state index in [0.717, 1.165) is 36.1 Å². The molecule has 0 saturated carbocycles. The van der Waals surface area contributed by atoms with Crippen molar-refractivity contribution in [2.24, 2.45) is 7.05 Å². The van der Waals surface area contributed by atoms with E-state index in [1.165, 1.54) is 13.3 Å². The molecule has 0 aromatic carbocycles. The first-order valence-electron chi connectivity index (χ1n) is 10.5. The average molecular weight is 514 g/mol. The summed E-state index contributed by atoms with van der Waals surface area (Å²) in [5, 5.41) is 20.5. The van der Waals surface area contributed by atoms with E-state index in [4.69, 9.17) is 10.00 Å². The average Bonchev–Trinajstić information content (AvgIpc) is 3.13. The number of piperidine rings is 1. The number of amides is 1. The minimum Gasteiger partial charge on any atom is -0.480 e. The van der Waals surface area contributed by atoms with Crippen molar-refractivity contribution in [2.75, 3.05) is 35.7 Å². The second kappa shape index (κ2) is 9.58. The lowest BCUT2D eigenvalue weighted by atomic mass is 10.1. The predicted molar refractivity (Wildman–Crippen MR) is 128 cm³/mol. The fourth-order valence-corrected chi connectivity index (χ4v) is 3.89. The molecule has 0 radical (unpaired) electrons. The van der Waals surface area contributed by atoms with Crippen molar-refractivity contribution in [2.45, 2.75) is 30.6 Å². The van der Waals surface area contributed by atoms with Gasteiger partial charge in [-0.25, -0.2) is 9.97 Å². The largest absolute Gasteiger partial charge is 0.480 e. The quantitative estimate of drug-likeness (QED) is 0.476. The molecule has 1 fully saturated rings. The first kappa shape index (κ1) is 22.7. The summed E-state index contributed by atoms with van der Waals surface area (Å²) in [6.07, 6.45) is 5.13. The fraction of sp³-hybridized carbons (Fsp3) is 0.429. The van der Waals surface area contributed by atoms with Crippen LogP contribution in [0.1, 0.15) is 25.3 Å². The highest BCUT2D eigenvalue weighted by Crippen LogP contribution is 2.27. The van der Waals surface area contributed by atoms with E-state index in [1.807, 2.05) is 19.2 Å². The summed E-state index contributed by atoms with van der Waals surface area (Å²) >= 11 is 3.27. The van der Waals surface area contributed by atoms with Gasteiger partial charge in [-0.15, -0.1) is 0 Å². The Morgan fingerprint density at radius 3 is 2.94 bits per heavy atom. The number of nitriles is 1. The van der Waals surface area contributed by atoms with Gasteiger partial charge in [0.25, 0.3) is 0 Å². The molecule has 2 N–H and O–H groups in total. The van der Waals surface area contributed by atoms with Gasteiger partial charge in [-0.3, -0.25) is 9.48 Å². The number of pyridine rings is 1. The van der Waals surface area contributed by atoms with Crippen LogP contribution in [0.4, 0.5) is 17.6 Å². The van der Waals surface area contributed by atoms with E-state index in [-0.39, 0.29) is 22.7 Å². The normalized spacial score (nSPS) is 16.8. The smallest absolute Gasteiger partial charge is 0.239 e. The highest BCUT2D eigenvalue weighted by Gasteiger charge is 2.23. The SMILES string of the molecule is COc1nc(N[C@@H]2CCCN(c3cc4c(cn3)c(NC(=O)C(C)Br)nn4C)C2)ncc1C#N. The number of carbonyl (C=O) groups excluding carboxylic acids is 1. The molecule has 1 unspecified atom stereocenters. The van der Waals surface area contributed by atoms with Crippen LogP contribution < -0.4 is 20.3 Å². The number of rotatable bonds is 6. The standard InChI is InChI=1S/C21H24BrN9O2/c1-12(22)19(32)27-18-15-10-24-17(7-16(15)30(2)29-18)31-6-4-5-14(11-31)26-21-25-9-13(8-23)20(28-21)33-3/h7,9-10,12,14H,4-6,11H2,1-3H3,(H,25,26,28)(H,27,29,32)/t12?,14-/m1/s1. The summed E-state index contributed by atoms with van der Waals surface area (Å²) in [5.74, 6) is 1.85. The van der Waals surface area contributed by atoms with Gasteiger partial charge in [0, 0.05) is 38.4 Å². The molecule has 1 aliphatic rings. The Hall–Kier alpha value is -3.46. The number of fused-ring (bicyclic) bond motifs is 1. The van der Waals surface area contributed by atoms with Crippen molar-refractivity contribution in [1.82, 2.24) is 24.7 Å². The Labute approximate surface area is 199 Å². The van der Waals surface area contributed by atoms with Gasteiger partial charge in [-0.1, -0.05) is 15.9 Å². The summed E-state index contributed by atoms with van der Waals surface area (Å²) in [7, 11) is 3.32. The molecule has 3 aromatic rings. The zero-order chi connectivity index (χ0) is 23.5. The Morgan fingerprint density at radius 2 is 2.21 bits per heavy atom.